The Bertz CT molecular complexity index is 830. The van der Waals surface area contributed by atoms with Crippen molar-refractivity contribution in [3.8, 4) is 0 Å². The number of nitrogens with zero attached hydrogens (tertiary/aromatic N) is 1. The van der Waals surface area contributed by atoms with Crippen molar-refractivity contribution in [2.75, 3.05) is 11.1 Å². The van der Waals surface area contributed by atoms with E-state index in [0.29, 0.717) is 4.90 Å². The fourth-order valence-corrected chi connectivity index (χ4v) is 2.68. The average molecular weight is 378 g/mol. The average Bonchev–Trinajstić information content (AvgIpc) is 2.61. The first-order valence-corrected chi connectivity index (χ1v) is 8.48. The predicted molar refractivity (Wildman–Crippen MR) is 94.4 cm³/mol. The van der Waals surface area contributed by atoms with Crippen LogP contribution in [0.2, 0.25) is 0 Å². The minimum Gasteiger partial charge on any atom is -0.452 e. The van der Waals surface area contributed by atoms with Crippen molar-refractivity contribution in [2.24, 2.45) is 0 Å². The van der Waals surface area contributed by atoms with Gasteiger partial charge in [0.05, 0.1) is 10.7 Å². The zero-order valence-corrected chi connectivity index (χ0v) is 14.5. The highest BCUT2D eigenvalue weighted by atomic mass is 32.2. The van der Waals surface area contributed by atoms with Gasteiger partial charge >= 0.3 is 5.97 Å². The molecule has 0 aliphatic carbocycles. The zero-order valence-electron chi connectivity index (χ0n) is 13.7. The summed E-state index contributed by atoms with van der Waals surface area (Å²) in [4.78, 5) is 34.5. The van der Waals surface area contributed by atoms with Crippen molar-refractivity contribution in [3.05, 3.63) is 64.5 Å². The van der Waals surface area contributed by atoms with Crippen LogP contribution in [0.1, 0.15) is 6.92 Å². The molecule has 0 radical (unpaired) electrons. The van der Waals surface area contributed by atoms with Gasteiger partial charge in [-0.1, -0.05) is 24.3 Å². The summed E-state index contributed by atoms with van der Waals surface area (Å²) in [5, 5.41) is 13.3. The molecule has 0 spiro atoms. The SMILES string of the molecule is C[C@H](OC(=O)CSc1ccccc1F)C(=O)Nc1ccccc1[N+](=O)[O-]. The van der Waals surface area contributed by atoms with Crippen molar-refractivity contribution in [2.45, 2.75) is 17.9 Å². The molecule has 0 fully saturated rings. The van der Waals surface area contributed by atoms with E-state index in [9.17, 15) is 24.1 Å². The van der Waals surface area contributed by atoms with E-state index in [2.05, 4.69) is 5.32 Å². The van der Waals surface area contributed by atoms with Gasteiger partial charge in [0.1, 0.15) is 11.5 Å². The summed E-state index contributed by atoms with van der Waals surface area (Å²) in [5.74, 6) is -2.04. The normalized spacial score (nSPS) is 11.5. The van der Waals surface area contributed by atoms with E-state index >= 15 is 0 Å². The Balaban J connectivity index is 1.90. The van der Waals surface area contributed by atoms with Gasteiger partial charge in [-0.05, 0) is 25.1 Å². The quantitative estimate of drug-likeness (QED) is 0.343. The van der Waals surface area contributed by atoms with Crippen LogP contribution in [0.5, 0.6) is 0 Å². The topological polar surface area (TPSA) is 98.5 Å². The number of carbonyl (C=O) groups is 2. The van der Waals surface area contributed by atoms with Crippen LogP contribution in [0.4, 0.5) is 15.8 Å². The number of carbonyl (C=O) groups excluding carboxylic acids is 2. The van der Waals surface area contributed by atoms with E-state index in [0.717, 1.165) is 11.8 Å². The Morgan fingerprint density at radius 3 is 2.58 bits per heavy atom. The summed E-state index contributed by atoms with van der Waals surface area (Å²) in [6.07, 6.45) is -1.16. The van der Waals surface area contributed by atoms with Crippen LogP contribution in [0.3, 0.4) is 0 Å². The van der Waals surface area contributed by atoms with Crippen LogP contribution in [-0.4, -0.2) is 28.7 Å². The molecule has 0 saturated heterocycles. The molecule has 1 atom stereocenters. The summed E-state index contributed by atoms with van der Waals surface area (Å²) in [6, 6.07) is 11.6. The van der Waals surface area contributed by atoms with E-state index < -0.39 is 28.7 Å². The lowest BCUT2D eigenvalue weighted by Crippen LogP contribution is -2.30. The summed E-state index contributed by atoms with van der Waals surface area (Å²) in [7, 11) is 0. The number of benzene rings is 2. The first kappa shape index (κ1) is 19.4. The lowest BCUT2D eigenvalue weighted by atomic mass is 10.2. The second kappa shape index (κ2) is 8.95. The number of amides is 1. The molecule has 7 nitrogen and oxygen atoms in total. The van der Waals surface area contributed by atoms with Crippen LogP contribution in [0, 0.1) is 15.9 Å². The van der Waals surface area contributed by atoms with Crippen molar-refractivity contribution in [3.63, 3.8) is 0 Å². The van der Waals surface area contributed by atoms with Crippen LogP contribution < -0.4 is 5.32 Å². The third-order valence-electron chi connectivity index (χ3n) is 3.22. The van der Waals surface area contributed by atoms with Crippen molar-refractivity contribution in [1.29, 1.82) is 0 Å². The van der Waals surface area contributed by atoms with Crippen LogP contribution in [0.25, 0.3) is 0 Å². The molecule has 1 amide bonds. The fraction of sp³-hybridized carbons (Fsp3) is 0.176. The molecule has 0 bridgehead atoms. The van der Waals surface area contributed by atoms with Gasteiger partial charge in [0.2, 0.25) is 0 Å². The lowest BCUT2D eigenvalue weighted by Gasteiger charge is -2.13. The number of ether oxygens (including phenoxy) is 1. The van der Waals surface area contributed by atoms with E-state index in [1.54, 1.807) is 6.07 Å². The molecular weight excluding hydrogens is 363 g/mol. The molecule has 26 heavy (non-hydrogen) atoms. The summed E-state index contributed by atoms with van der Waals surface area (Å²) < 4.78 is 18.5. The number of esters is 1. The maximum absolute atomic E-state index is 13.5. The van der Waals surface area contributed by atoms with Crippen LogP contribution >= 0.6 is 11.8 Å². The molecule has 1 N–H and O–H groups in total. The predicted octanol–water partition coefficient (Wildman–Crippen LogP) is 3.40. The third kappa shape index (κ3) is 5.28. The highest BCUT2D eigenvalue weighted by Crippen LogP contribution is 2.24. The van der Waals surface area contributed by atoms with Gasteiger partial charge < -0.3 is 10.1 Å². The number of nitro benzene ring substituents is 1. The highest BCUT2D eigenvalue weighted by Gasteiger charge is 2.21. The van der Waals surface area contributed by atoms with E-state index in [1.807, 2.05) is 0 Å². The molecule has 2 aromatic carbocycles. The van der Waals surface area contributed by atoms with Crippen molar-refractivity contribution in [1.82, 2.24) is 0 Å². The Morgan fingerprint density at radius 1 is 1.23 bits per heavy atom. The molecule has 0 aliphatic rings. The van der Waals surface area contributed by atoms with Crippen LogP contribution in [0.15, 0.2) is 53.4 Å². The smallest absolute Gasteiger partial charge is 0.317 e. The number of thioether (sulfide) groups is 1. The molecule has 0 aromatic heterocycles. The summed E-state index contributed by atoms with van der Waals surface area (Å²) in [6.45, 7) is 1.34. The van der Waals surface area contributed by atoms with Gasteiger partial charge in [0.15, 0.2) is 6.10 Å². The fourth-order valence-electron chi connectivity index (χ4n) is 1.96. The number of hydrogen-bond acceptors (Lipinski definition) is 6. The molecule has 9 heteroatoms. The van der Waals surface area contributed by atoms with E-state index in [1.165, 1.54) is 49.4 Å². The second-order valence-corrected chi connectivity index (χ2v) is 6.13. The molecule has 0 aliphatic heterocycles. The van der Waals surface area contributed by atoms with Gasteiger partial charge in [0, 0.05) is 11.0 Å². The molecular formula is C17H15FN2O5S. The zero-order chi connectivity index (χ0) is 19.1. The maximum atomic E-state index is 13.5. The minimum atomic E-state index is -1.16. The number of hydrogen-bond donors (Lipinski definition) is 1. The Hall–Kier alpha value is -2.94. The molecule has 2 rings (SSSR count). The molecule has 136 valence electrons. The van der Waals surface area contributed by atoms with Gasteiger partial charge in [-0.3, -0.25) is 19.7 Å². The monoisotopic (exact) mass is 378 g/mol. The van der Waals surface area contributed by atoms with Gasteiger partial charge in [-0.2, -0.15) is 0 Å². The molecule has 0 saturated carbocycles. The number of para-hydroxylation sites is 2. The van der Waals surface area contributed by atoms with Crippen LogP contribution in [-0.2, 0) is 14.3 Å². The highest BCUT2D eigenvalue weighted by molar-refractivity contribution is 8.00. The van der Waals surface area contributed by atoms with E-state index in [-0.39, 0.29) is 17.1 Å². The lowest BCUT2D eigenvalue weighted by molar-refractivity contribution is -0.383. The second-order valence-electron chi connectivity index (χ2n) is 5.11. The molecule has 0 unspecified atom stereocenters. The maximum Gasteiger partial charge on any atom is 0.317 e. The van der Waals surface area contributed by atoms with Crippen molar-refractivity contribution < 1.29 is 23.6 Å². The first-order chi connectivity index (χ1) is 12.4. The van der Waals surface area contributed by atoms with E-state index in [4.69, 9.17) is 4.74 Å². The number of anilines is 1. The van der Waals surface area contributed by atoms with Gasteiger partial charge in [-0.15, -0.1) is 11.8 Å². The van der Waals surface area contributed by atoms with Gasteiger partial charge in [-0.25, -0.2) is 4.39 Å². The number of nitro groups is 1. The minimum absolute atomic E-state index is 0.00568. The number of rotatable bonds is 7. The number of nitrogens with one attached hydrogen (secondary N) is 1. The summed E-state index contributed by atoms with van der Waals surface area (Å²) >= 11 is 0.949. The largest absolute Gasteiger partial charge is 0.452 e. The first-order valence-electron chi connectivity index (χ1n) is 7.49. The Labute approximate surface area is 152 Å². The Kier molecular flexibility index (Phi) is 6.67. The Morgan fingerprint density at radius 2 is 1.88 bits per heavy atom. The number of halogens is 1. The van der Waals surface area contributed by atoms with Crippen molar-refractivity contribution >= 4 is 35.0 Å². The van der Waals surface area contributed by atoms with Gasteiger partial charge in [0.25, 0.3) is 11.6 Å². The molecule has 2 aromatic rings. The third-order valence-corrected chi connectivity index (χ3v) is 4.24. The summed E-state index contributed by atoms with van der Waals surface area (Å²) in [5.41, 5.74) is -0.263. The molecule has 0 heterocycles. The standard InChI is InChI=1S/C17H15FN2O5S/c1-11(17(22)19-13-7-3-4-8-14(13)20(23)24)25-16(21)10-26-15-9-5-2-6-12(15)18/h2-9,11H,10H2,1H3,(H,19,22)/t11-/m0/s1.